The molecule has 1 amide bonds. The molecule has 4 N–H and O–H groups in total. The van der Waals surface area contributed by atoms with Crippen LogP contribution in [0.2, 0.25) is 0 Å². The second kappa shape index (κ2) is 7.01. The molecule has 2 aliphatic rings. The zero-order chi connectivity index (χ0) is 19.7. The number of phenolic OH excluding ortho intramolecular Hbond substituents is 1. The van der Waals surface area contributed by atoms with Crippen LogP contribution in [0.5, 0.6) is 5.75 Å². The molecule has 0 saturated carbocycles. The maximum Gasteiger partial charge on any atom is 0.211 e. The second-order valence-electron chi connectivity index (χ2n) is 6.11. The minimum Gasteiger partial charge on any atom is -0.506 e. The molecule has 0 atom stereocenters. The molecule has 0 spiro atoms. The monoisotopic (exact) mass is 377 g/mol. The summed E-state index contributed by atoms with van der Waals surface area (Å²) in [5, 5.41) is 24.3. The van der Waals surface area contributed by atoms with E-state index in [9.17, 15) is 19.8 Å². The summed E-state index contributed by atoms with van der Waals surface area (Å²) in [6.45, 7) is -0.111. The lowest BCUT2D eigenvalue weighted by Gasteiger charge is -2.11. The second-order valence-corrected chi connectivity index (χ2v) is 6.11. The number of carbonyl (C=O) groups is 1. The van der Waals surface area contributed by atoms with Crippen LogP contribution in [0.1, 0.15) is 5.56 Å². The number of fused-ring (bicyclic) bond motifs is 2. The molecular weight excluding hydrogens is 362 g/mol. The van der Waals surface area contributed by atoms with Gasteiger partial charge in [-0.25, -0.2) is 4.98 Å². The Morgan fingerprint density at radius 1 is 1.07 bits per heavy atom. The number of phenols is 1. The third-order valence-corrected chi connectivity index (χ3v) is 4.22. The van der Waals surface area contributed by atoms with E-state index < -0.39 is 0 Å². The molecule has 0 saturated heterocycles. The van der Waals surface area contributed by atoms with Crippen LogP contribution in [0.4, 0.5) is 17.1 Å². The predicted molar refractivity (Wildman–Crippen MR) is 104 cm³/mol. The van der Waals surface area contributed by atoms with E-state index in [0.29, 0.717) is 40.2 Å². The minimum atomic E-state index is -0.303. The van der Waals surface area contributed by atoms with Crippen molar-refractivity contribution in [2.45, 2.75) is 6.61 Å². The van der Waals surface area contributed by atoms with Crippen LogP contribution < -0.4 is 16.1 Å². The van der Waals surface area contributed by atoms with Gasteiger partial charge in [0.15, 0.2) is 11.3 Å². The normalized spacial score (nSPS) is 10.9. The number of aromatic nitrogens is 1. The molecule has 0 fully saturated rings. The number of carbonyl (C=O) groups excluding carboxylic acids is 1. The quantitative estimate of drug-likeness (QED) is 0.182. The molecular formula is C20H15N3O5. The number of nitrogens with one attached hydrogen (secondary N) is 2. The molecule has 4 rings (SSSR count). The van der Waals surface area contributed by atoms with Gasteiger partial charge in [0.2, 0.25) is 11.8 Å². The molecule has 1 aliphatic carbocycles. The van der Waals surface area contributed by atoms with Crippen LogP contribution >= 0.6 is 0 Å². The molecule has 0 unspecified atom stereocenters. The van der Waals surface area contributed by atoms with Gasteiger partial charge in [-0.05, 0) is 42.0 Å². The van der Waals surface area contributed by atoms with Gasteiger partial charge in [0, 0.05) is 11.8 Å². The predicted octanol–water partition coefficient (Wildman–Crippen LogP) is 2.80. The number of aliphatic hydroxyl groups is 1. The lowest BCUT2D eigenvalue weighted by Crippen LogP contribution is -2.09. The zero-order valence-electron chi connectivity index (χ0n) is 14.5. The lowest BCUT2D eigenvalue weighted by molar-refractivity contribution is -0.105. The van der Waals surface area contributed by atoms with Crippen molar-refractivity contribution < 1.29 is 19.4 Å². The van der Waals surface area contributed by atoms with Crippen LogP contribution in [-0.2, 0) is 11.4 Å². The molecule has 28 heavy (non-hydrogen) atoms. The van der Waals surface area contributed by atoms with Crippen LogP contribution in [-0.4, -0.2) is 21.6 Å². The first-order chi connectivity index (χ1) is 13.6. The van der Waals surface area contributed by atoms with Crippen molar-refractivity contribution >= 4 is 34.6 Å². The number of benzene rings is 3. The Labute approximate surface area is 158 Å². The summed E-state index contributed by atoms with van der Waals surface area (Å²) >= 11 is 0. The molecule has 2 aromatic rings. The summed E-state index contributed by atoms with van der Waals surface area (Å²) in [5.41, 5.74) is 2.90. The first-order valence-electron chi connectivity index (χ1n) is 8.36. The largest absolute Gasteiger partial charge is 0.506 e. The average Bonchev–Trinajstić information content (AvgIpc) is 2.69. The van der Waals surface area contributed by atoms with Crippen LogP contribution in [0.25, 0.3) is 22.6 Å². The summed E-state index contributed by atoms with van der Waals surface area (Å²) in [4.78, 5) is 27.6. The molecule has 1 aliphatic heterocycles. The van der Waals surface area contributed by atoms with Crippen molar-refractivity contribution in [1.82, 2.24) is 4.98 Å². The standard InChI is InChI=1S/C20H15N3O5/c24-9-11-1-4-19-15(5-11)23-16-7-14(18(27)8-20(16)28-19)22-12-2-3-17(26)13(6-12)21-10-25/h1-8,10,22,24,26H,9H2,(H,21,25). The Hall–Kier alpha value is -3.91. The first-order valence-corrected chi connectivity index (χ1v) is 8.36. The summed E-state index contributed by atoms with van der Waals surface area (Å²) in [5.74, 6) is 0.249. The van der Waals surface area contributed by atoms with Gasteiger partial charge < -0.3 is 25.3 Å². The maximum atomic E-state index is 12.4. The molecule has 0 radical (unpaired) electrons. The number of nitrogens with zero attached hydrogens (tertiary/aromatic N) is 1. The average molecular weight is 377 g/mol. The van der Waals surface area contributed by atoms with E-state index in [1.165, 1.54) is 18.2 Å². The highest BCUT2D eigenvalue weighted by Crippen LogP contribution is 2.30. The van der Waals surface area contributed by atoms with Crippen molar-refractivity contribution in [2.24, 2.45) is 0 Å². The fourth-order valence-corrected chi connectivity index (χ4v) is 2.85. The van der Waals surface area contributed by atoms with Gasteiger partial charge in [-0.3, -0.25) is 9.59 Å². The topological polar surface area (TPSA) is 125 Å². The third-order valence-electron chi connectivity index (χ3n) is 4.22. The fraction of sp³-hybridized carbons (Fsp3) is 0.0500. The van der Waals surface area contributed by atoms with Crippen molar-refractivity contribution in [1.29, 1.82) is 0 Å². The Kier molecular flexibility index (Phi) is 4.38. The Morgan fingerprint density at radius 2 is 1.93 bits per heavy atom. The van der Waals surface area contributed by atoms with Crippen molar-refractivity contribution in [2.75, 3.05) is 10.6 Å². The molecule has 1 heterocycles. The summed E-state index contributed by atoms with van der Waals surface area (Å²) in [6.07, 6.45) is 0.449. The highest BCUT2D eigenvalue weighted by molar-refractivity contribution is 5.80. The van der Waals surface area contributed by atoms with Gasteiger partial charge in [0.1, 0.15) is 17.0 Å². The molecule has 8 heteroatoms. The Morgan fingerprint density at radius 3 is 2.71 bits per heavy atom. The first kappa shape index (κ1) is 17.5. The summed E-state index contributed by atoms with van der Waals surface area (Å²) in [6, 6.07) is 12.5. The minimum absolute atomic E-state index is 0.0925. The van der Waals surface area contributed by atoms with E-state index in [1.807, 2.05) is 0 Å². The summed E-state index contributed by atoms with van der Waals surface area (Å²) < 4.78 is 5.74. The van der Waals surface area contributed by atoms with Gasteiger partial charge in [0.05, 0.1) is 18.0 Å². The number of hydrogen-bond donors (Lipinski definition) is 4. The van der Waals surface area contributed by atoms with E-state index in [0.717, 1.165) is 0 Å². The maximum absolute atomic E-state index is 12.4. The van der Waals surface area contributed by atoms with Gasteiger partial charge in [-0.1, -0.05) is 6.07 Å². The number of amides is 1. The molecule has 2 aromatic carbocycles. The fourth-order valence-electron chi connectivity index (χ4n) is 2.85. The van der Waals surface area contributed by atoms with E-state index in [-0.39, 0.29) is 29.2 Å². The van der Waals surface area contributed by atoms with E-state index in [2.05, 4.69) is 15.6 Å². The van der Waals surface area contributed by atoms with Gasteiger partial charge in [-0.15, -0.1) is 0 Å². The SMILES string of the molecule is O=CNc1cc(Nc2cc3nc4cc(CO)ccc4oc-3cc2=O)ccc1O. The number of rotatable bonds is 5. The highest BCUT2D eigenvalue weighted by Gasteiger charge is 2.14. The number of aliphatic hydroxyl groups excluding tert-OH is 1. The smallest absolute Gasteiger partial charge is 0.211 e. The van der Waals surface area contributed by atoms with E-state index in [1.54, 1.807) is 30.3 Å². The highest BCUT2D eigenvalue weighted by atomic mass is 16.3. The van der Waals surface area contributed by atoms with Gasteiger partial charge >= 0.3 is 0 Å². The summed E-state index contributed by atoms with van der Waals surface area (Å²) in [7, 11) is 0. The van der Waals surface area contributed by atoms with Gasteiger partial charge in [0.25, 0.3) is 0 Å². The van der Waals surface area contributed by atoms with Crippen LogP contribution in [0.3, 0.4) is 0 Å². The molecule has 140 valence electrons. The molecule has 0 bridgehead atoms. The van der Waals surface area contributed by atoms with Crippen LogP contribution in [0, 0.1) is 0 Å². The third kappa shape index (κ3) is 3.24. The Balaban J connectivity index is 1.77. The number of aromatic hydroxyl groups is 1. The molecule has 0 aromatic heterocycles. The Bertz CT molecular complexity index is 1220. The van der Waals surface area contributed by atoms with Crippen molar-refractivity contribution in [3.05, 3.63) is 64.3 Å². The molecule has 8 nitrogen and oxygen atoms in total. The van der Waals surface area contributed by atoms with E-state index >= 15 is 0 Å². The lowest BCUT2D eigenvalue weighted by atomic mass is 10.1. The van der Waals surface area contributed by atoms with Crippen molar-refractivity contribution in [3.63, 3.8) is 0 Å². The van der Waals surface area contributed by atoms with Gasteiger partial charge in [-0.2, -0.15) is 0 Å². The van der Waals surface area contributed by atoms with E-state index in [4.69, 9.17) is 4.42 Å². The van der Waals surface area contributed by atoms with Crippen LogP contribution in [0.15, 0.2) is 57.7 Å². The zero-order valence-corrected chi connectivity index (χ0v) is 14.5. The number of anilines is 3. The van der Waals surface area contributed by atoms with Crippen molar-refractivity contribution in [3.8, 4) is 17.2 Å². The number of hydrogen-bond acceptors (Lipinski definition) is 7.